The smallest absolute Gasteiger partial charge is 0.308 e. The van der Waals surface area contributed by atoms with Gasteiger partial charge in [0.15, 0.2) is 0 Å². The third-order valence-electron chi connectivity index (χ3n) is 6.15. The van der Waals surface area contributed by atoms with Crippen molar-refractivity contribution in [3.8, 4) is 0 Å². The van der Waals surface area contributed by atoms with Crippen molar-refractivity contribution >= 4 is 5.97 Å². The molecular weight excluding hydrogens is 329 g/mol. The molecule has 1 heterocycles. The fraction of sp³-hybridized carbons (Fsp3) is 0.591. The van der Waals surface area contributed by atoms with E-state index in [1.807, 2.05) is 33.9 Å². The first-order valence-electron chi connectivity index (χ1n) is 9.76. The molecule has 2 aliphatic carbocycles. The fourth-order valence-electron chi connectivity index (χ4n) is 4.38. The van der Waals surface area contributed by atoms with E-state index in [0.29, 0.717) is 12.5 Å². The van der Waals surface area contributed by atoms with Crippen molar-refractivity contribution in [1.29, 1.82) is 0 Å². The zero-order valence-electron chi connectivity index (χ0n) is 16.2. The van der Waals surface area contributed by atoms with E-state index in [9.17, 15) is 9.18 Å². The Balaban J connectivity index is 1.82. The molecule has 3 nitrogen and oxygen atoms in total. The second-order valence-corrected chi connectivity index (χ2v) is 7.72. The topological polar surface area (TPSA) is 29.5 Å². The Hall–Kier alpha value is -1.84. The summed E-state index contributed by atoms with van der Waals surface area (Å²) in [6, 6.07) is 0.147. The summed E-state index contributed by atoms with van der Waals surface area (Å²) < 4.78 is 19.5. The van der Waals surface area contributed by atoms with Gasteiger partial charge < -0.3 is 9.64 Å². The fourth-order valence-corrected chi connectivity index (χ4v) is 4.38. The number of alkyl halides is 1. The lowest BCUT2D eigenvalue weighted by Gasteiger charge is -2.39. The molecule has 4 heteroatoms. The second kappa shape index (κ2) is 7.81. The number of hydrogen-bond acceptors (Lipinski definition) is 3. The van der Waals surface area contributed by atoms with E-state index >= 15 is 0 Å². The van der Waals surface area contributed by atoms with E-state index < -0.39 is 6.17 Å². The first-order chi connectivity index (χ1) is 12.4. The van der Waals surface area contributed by atoms with Crippen LogP contribution in [0.5, 0.6) is 0 Å². The van der Waals surface area contributed by atoms with Crippen molar-refractivity contribution in [2.45, 2.75) is 52.2 Å². The number of hydrogen-bond donors (Lipinski definition) is 0. The number of likely N-dealkylation sites (N-methyl/N-ethyl adjacent to an activating group) is 1. The molecule has 142 valence electrons. The monoisotopic (exact) mass is 359 g/mol. The van der Waals surface area contributed by atoms with E-state index in [1.165, 1.54) is 16.7 Å². The minimum atomic E-state index is -0.920. The van der Waals surface area contributed by atoms with Crippen molar-refractivity contribution < 1.29 is 13.9 Å². The molecule has 0 aromatic carbocycles. The van der Waals surface area contributed by atoms with Crippen molar-refractivity contribution in [2.24, 2.45) is 17.8 Å². The third-order valence-corrected chi connectivity index (χ3v) is 6.15. The summed E-state index contributed by atoms with van der Waals surface area (Å²) in [5.74, 6) is 0.0522. The number of esters is 1. The molecular formula is C22H30FNO2. The van der Waals surface area contributed by atoms with Gasteiger partial charge in [-0.05, 0) is 54.9 Å². The van der Waals surface area contributed by atoms with Crippen molar-refractivity contribution in [1.82, 2.24) is 4.90 Å². The zero-order valence-corrected chi connectivity index (χ0v) is 16.2. The standard InChI is InChI=1S/C22H30FNO2/c1-5-26-22(25)14(2)16-6-8-17(9-7-16)18-12-13-24(4)20-11-10-19(23)15(3)21(18)20/h8,10-16,19-20H,5-7,9H2,1-4H3. The second-order valence-electron chi connectivity index (χ2n) is 7.72. The molecule has 0 radical (unpaired) electrons. The average molecular weight is 359 g/mol. The van der Waals surface area contributed by atoms with E-state index in [4.69, 9.17) is 4.74 Å². The minimum Gasteiger partial charge on any atom is -0.466 e. The first kappa shape index (κ1) is 18.9. The zero-order chi connectivity index (χ0) is 18.8. The highest BCUT2D eigenvalue weighted by Gasteiger charge is 2.35. The summed E-state index contributed by atoms with van der Waals surface area (Å²) in [6.07, 6.45) is 12.0. The third kappa shape index (κ3) is 3.51. The van der Waals surface area contributed by atoms with Gasteiger partial charge in [0, 0.05) is 19.2 Å². The molecule has 0 spiro atoms. The molecule has 3 aliphatic rings. The Kier molecular flexibility index (Phi) is 5.69. The Morgan fingerprint density at radius 3 is 2.85 bits per heavy atom. The van der Waals surface area contributed by atoms with Gasteiger partial charge in [-0.25, -0.2) is 4.39 Å². The minimum absolute atomic E-state index is 0.0713. The molecule has 5 unspecified atom stereocenters. The first-order valence-corrected chi connectivity index (χ1v) is 9.76. The molecule has 0 aromatic heterocycles. The Bertz CT molecular complexity index is 676. The highest BCUT2D eigenvalue weighted by molar-refractivity contribution is 5.72. The van der Waals surface area contributed by atoms with E-state index in [2.05, 4.69) is 23.3 Å². The lowest BCUT2D eigenvalue weighted by atomic mass is 9.74. The number of halogens is 1. The normalized spacial score (nSPS) is 32.2. The van der Waals surface area contributed by atoms with Gasteiger partial charge in [0.05, 0.1) is 18.6 Å². The lowest BCUT2D eigenvalue weighted by Crippen LogP contribution is -2.38. The van der Waals surface area contributed by atoms with Crippen LogP contribution < -0.4 is 0 Å². The quantitative estimate of drug-likeness (QED) is 0.543. The molecule has 0 bridgehead atoms. The Morgan fingerprint density at radius 2 is 2.19 bits per heavy atom. The van der Waals surface area contributed by atoms with Crippen molar-refractivity contribution in [3.63, 3.8) is 0 Å². The molecule has 0 aromatic rings. The summed E-state index contributed by atoms with van der Waals surface area (Å²) >= 11 is 0. The van der Waals surface area contributed by atoms with Gasteiger partial charge in [-0.2, -0.15) is 0 Å². The molecule has 0 N–H and O–H groups in total. The van der Waals surface area contributed by atoms with Gasteiger partial charge in [0.2, 0.25) is 0 Å². The summed E-state index contributed by atoms with van der Waals surface area (Å²) in [4.78, 5) is 14.2. The van der Waals surface area contributed by atoms with Gasteiger partial charge >= 0.3 is 5.97 Å². The summed E-state index contributed by atoms with van der Waals surface area (Å²) in [5.41, 5.74) is 3.69. The molecule has 3 rings (SSSR count). The molecule has 0 fully saturated rings. The van der Waals surface area contributed by atoms with Gasteiger partial charge in [-0.15, -0.1) is 0 Å². The van der Waals surface area contributed by atoms with Crippen LogP contribution in [0.4, 0.5) is 4.39 Å². The van der Waals surface area contributed by atoms with E-state index in [-0.39, 0.29) is 23.8 Å². The molecule has 0 saturated heterocycles. The summed E-state index contributed by atoms with van der Waals surface area (Å²) in [6.45, 7) is 6.23. The predicted molar refractivity (Wildman–Crippen MR) is 102 cm³/mol. The van der Waals surface area contributed by atoms with Gasteiger partial charge in [-0.3, -0.25) is 4.79 Å². The highest BCUT2D eigenvalue weighted by Crippen LogP contribution is 2.41. The number of nitrogens with zero attached hydrogens (tertiary/aromatic N) is 1. The van der Waals surface area contributed by atoms with E-state index in [0.717, 1.165) is 19.3 Å². The van der Waals surface area contributed by atoms with Gasteiger partial charge in [0.25, 0.3) is 0 Å². The van der Waals surface area contributed by atoms with Crippen molar-refractivity contribution in [2.75, 3.05) is 13.7 Å². The highest BCUT2D eigenvalue weighted by atomic mass is 19.1. The Labute approximate surface area is 156 Å². The lowest BCUT2D eigenvalue weighted by molar-refractivity contribution is -0.149. The molecule has 0 amide bonds. The number of fused-ring (bicyclic) bond motifs is 1. The molecule has 0 saturated carbocycles. The number of carbonyl (C=O) groups excluding carboxylic acids is 1. The molecule has 1 aliphatic heterocycles. The van der Waals surface area contributed by atoms with Crippen LogP contribution in [0.15, 0.2) is 47.2 Å². The molecule has 26 heavy (non-hydrogen) atoms. The van der Waals surface area contributed by atoms with Gasteiger partial charge in [0.1, 0.15) is 6.17 Å². The number of carbonyl (C=O) groups is 1. The maximum atomic E-state index is 14.3. The summed E-state index contributed by atoms with van der Waals surface area (Å²) in [7, 11) is 2.04. The largest absolute Gasteiger partial charge is 0.466 e. The maximum absolute atomic E-state index is 14.3. The van der Waals surface area contributed by atoms with Crippen LogP contribution in [0.2, 0.25) is 0 Å². The van der Waals surface area contributed by atoms with Gasteiger partial charge in [-0.1, -0.05) is 32.1 Å². The van der Waals surface area contributed by atoms with Crippen LogP contribution in [0.3, 0.4) is 0 Å². The van der Waals surface area contributed by atoms with Crippen LogP contribution in [-0.4, -0.2) is 36.7 Å². The van der Waals surface area contributed by atoms with Crippen molar-refractivity contribution in [3.05, 3.63) is 47.2 Å². The van der Waals surface area contributed by atoms with Crippen LogP contribution in [-0.2, 0) is 9.53 Å². The number of allylic oxidation sites excluding steroid dienone is 5. The number of ether oxygens (including phenoxy) is 1. The predicted octanol–water partition coefficient (Wildman–Crippen LogP) is 4.58. The maximum Gasteiger partial charge on any atom is 0.308 e. The van der Waals surface area contributed by atoms with Crippen LogP contribution >= 0.6 is 0 Å². The van der Waals surface area contributed by atoms with E-state index in [1.54, 1.807) is 6.08 Å². The van der Waals surface area contributed by atoms with Crippen LogP contribution in [0, 0.1) is 17.8 Å². The Morgan fingerprint density at radius 1 is 1.42 bits per heavy atom. The number of rotatable bonds is 4. The summed E-state index contributed by atoms with van der Waals surface area (Å²) in [5, 5.41) is 0. The van der Waals surface area contributed by atoms with Crippen LogP contribution in [0.25, 0.3) is 0 Å². The van der Waals surface area contributed by atoms with Crippen LogP contribution in [0.1, 0.15) is 40.0 Å². The average Bonchev–Trinajstić information content (AvgIpc) is 2.65. The SMILES string of the molecule is CCOC(=O)C(C)C1CC=C(C2=C3C(C)C(F)C=CC3N(C)C=C2)CC1. The molecule has 5 atom stereocenters.